The van der Waals surface area contributed by atoms with Crippen LogP contribution in [0, 0.1) is 5.92 Å². The van der Waals surface area contributed by atoms with Crippen molar-refractivity contribution >= 4 is 34.6 Å². The number of carboxylic acids is 1. The summed E-state index contributed by atoms with van der Waals surface area (Å²) < 4.78 is 0. The first kappa shape index (κ1) is 27.8. The Bertz CT molecular complexity index is 1050. The number of aliphatic carboxylic acids is 1. The number of carboxylic acid groups (broad SMARTS) is 1. The minimum atomic E-state index is -1.56. The fourth-order valence-corrected chi connectivity index (χ4v) is 3.56. The number of carbonyl (C=O) groups is 4. The van der Waals surface area contributed by atoms with Gasteiger partial charge in [-0.3, -0.25) is 14.4 Å². The van der Waals surface area contributed by atoms with Gasteiger partial charge in [0.15, 0.2) is 6.04 Å². The topological polar surface area (TPSA) is 187 Å². The van der Waals surface area contributed by atoms with Gasteiger partial charge in [0, 0.05) is 23.5 Å². The second-order valence-corrected chi connectivity index (χ2v) is 8.83. The van der Waals surface area contributed by atoms with Gasteiger partial charge in [0.2, 0.25) is 17.7 Å². The lowest BCUT2D eigenvalue weighted by Crippen LogP contribution is -2.58. The average Bonchev–Trinajstić information content (AvgIpc) is 3.22. The Morgan fingerprint density at radius 2 is 1.66 bits per heavy atom. The Balaban J connectivity index is 2.22. The van der Waals surface area contributed by atoms with Crippen LogP contribution in [-0.2, 0) is 25.6 Å². The molecule has 3 amide bonds. The minimum absolute atomic E-state index is 0.0424. The van der Waals surface area contributed by atoms with Crippen molar-refractivity contribution in [3.05, 3.63) is 36.0 Å². The Morgan fingerprint density at radius 1 is 1.00 bits per heavy atom. The van der Waals surface area contributed by atoms with Gasteiger partial charge in [-0.2, -0.15) is 0 Å². The van der Waals surface area contributed by atoms with Crippen LogP contribution in [0.4, 0.5) is 0 Å². The van der Waals surface area contributed by atoms with Gasteiger partial charge in [-0.15, -0.1) is 0 Å². The van der Waals surface area contributed by atoms with Gasteiger partial charge < -0.3 is 36.9 Å². The average molecular weight is 490 g/mol. The monoisotopic (exact) mass is 489 g/mol. The minimum Gasteiger partial charge on any atom is -0.480 e. The second-order valence-electron chi connectivity index (χ2n) is 8.83. The SMILES string of the molecule is CCC(C)C(N)C(=O)NC(C)C(=O)NC(Cc1c[nH]c2ccccc12)C(=O)NC(C(=O)O)C(C)O. The number of fused-ring (bicyclic) bond motifs is 1. The standard InChI is InChI=1S/C24H35N5O6/c1-5-12(2)19(25)23(33)27-13(3)21(31)28-18(22(32)29-20(14(4)30)24(34)35)10-15-11-26-17-9-7-6-8-16(15)17/h6-9,11-14,18-20,26,30H,5,10,25H2,1-4H3,(H,27,33)(H,28,31)(H,29,32)(H,34,35). The fraction of sp³-hybridized carbons (Fsp3) is 0.500. The zero-order valence-corrected chi connectivity index (χ0v) is 20.4. The molecule has 0 spiro atoms. The predicted molar refractivity (Wildman–Crippen MR) is 130 cm³/mol. The largest absolute Gasteiger partial charge is 0.480 e. The molecule has 1 aromatic heterocycles. The van der Waals surface area contributed by atoms with Crippen molar-refractivity contribution < 1.29 is 29.4 Å². The van der Waals surface area contributed by atoms with E-state index in [2.05, 4.69) is 20.9 Å². The lowest BCUT2D eigenvalue weighted by molar-refractivity contribution is -0.145. The summed E-state index contributed by atoms with van der Waals surface area (Å²) in [5, 5.41) is 27.4. The molecule has 11 nitrogen and oxygen atoms in total. The highest BCUT2D eigenvalue weighted by Gasteiger charge is 2.31. The first-order valence-corrected chi connectivity index (χ1v) is 11.6. The van der Waals surface area contributed by atoms with Crippen molar-refractivity contribution in [1.82, 2.24) is 20.9 Å². The van der Waals surface area contributed by atoms with Gasteiger partial charge in [0.1, 0.15) is 12.1 Å². The van der Waals surface area contributed by atoms with Crippen LogP contribution in [0.1, 0.15) is 39.7 Å². The quantitative estimate of drug-likeness (QED) is 0.219. The van der Waals surface area contributed by atoms with E-state index in [1.54, 1.807) is 6.20 Å². The third-order valence-electron chi connectivity index (χ3n) is 6.09. The molecule has 0 aliphatic heterocycles. The summed E-state index contributed by atoms with van der Waals surface area (Å²) in [6.45, 7) is 6.44. The molecule has 1 aromatic carbocycles. The number of rotatable bonds is 12. The molecule has 192 valence electrons. The van der Waals surface area contributed by atoms with E-state index in [0.29, 0.717) is 6.42 Å². The van der Waals surface area contributed by atoms with Gasteiger partial charge in [0.05, 0.1) is 12.1 Å². The number of amides is 3. The van der Waals surface area contributed by atoms with E-state index in [1.807, 2.05) is 38.1 Å². The molecule has 1 heterocycles. The summed E-state index contributed by atoms with van der Waals surface area (Å²) in [6.07, 6.45) is 1.08. The Hall–Kier alpha value is -3.44. The first-order valence-electron chi connectivity index (χ1n) is 11.6. The molecule has 0 fully saturated rings. The summed E-state index contributed by atoms with van der Waals surface area (Å²) in [7, 11) is 0. The van der Waals surface area contributed by atoms with E-state index >= 15 is 0 Å². The highest BCUT2D eigenvalue weighted by Crippen LogP contribution is 2.19. The van der Waals surface area contributed by atoms with E-state index < -0.39 is 54.0 Å². The highest BCUT2D eigenvalue weighted by molar-refractivity contribution is 5.94. The van der Waals surface area contributed by atoms with Crippen molar-refractivity contribution in [3.8, 4) is 0 Å². The summed E-state index contributed by atoms with van der Waals surface area (Å²) in [5.41, 5.74) is 7.49. The molecule has 0 bridgehead atoms. The highest BCUT2D eigenvalue weighted by atomic mass is 16.4. The van der Waals surface area contributed by atoms with Crippen LogP contribution in [-0.4, -0.2) is 69.2 Å². The number of aliphatic hydroxyl groups excluding tert-OH is 1. The third kappa shape index (κ3) is 7.27. The predicted octanol–water partition coefficient (Wildman–Crippen LogP) is 0.0235. The number of aromatic nitrogens is 1. The number of nitrogens with one attached hydrogen (secondary N) is 4. The third-order valence-corrected chi connectivity index (χ3v) is 6.09. The lowest BCUT2D eigenvalue weighted by atomic mass is 9.99. The van der Waals surface area contributed by atoms with Crippen LogP contribution in [0.15, 0.2) is 30.5 Å². The number of para-hydroxylation sites is 1. The molecule has 6 atom stereocenters. The molecule has 8 N–H and O–H groups in total. The van der Waals surface area contributed by atoms with Crippen LogP contribution in [0.5, 0.6) is 0 Å². The summed E-state index contributed by atoms with van der Waals surface area (Å²) >= 11 is 0. The van der Waals surface area contributed by atoms with Gasteiger partial charge in [-0.1, -0.05) is 38.5 Å². The maximum absolute atomic E-state index is 13.0. The lowest BCUT2D eigenvalue weighted by Gasteiger charge is -2.25. The van der Waals surface area contributed by atoms with Crippen molar-refractivity contribution in [2.24, 2.45) is 11.7 Å². The Labute approximate surface area is 203 Å². The molecule has 0 saturated carbocycles. The van der Waals surface area contributed by atoms with Crippen LogP contribution < -0.4 is 21.7 Å². The van der Waals surface area contributed by atoms with E-state index in [4.69, 9.17) is 5.73 Å². The molecule has 0 aliphatic carbocycles. The first-order chi connectivity index (χ1) is 16.5. The van der Waals surface area contributed by atoms with Gasteiger partial charge >= 0.3 is 5.97 Å². The molecule has 0 aliphatic rings. The molecular weight excluding hydrogens is 454 g/mol. The van der Waals surface area contributed by atoms with E-state index in [9.17, 15) is 29.4 Å². The summed E-state index contributed by atoms with van der Waals surface area (Å²) in [6, 6.07) is 2.87. The normalized spacial score (nSPS) is 16.4. The summed E-state index contributed by atoms with van der Waals surface area (Å²) in [5.74, 6) is -3.41. The van der Waals surface area contributed by atoms with Crippen molar-refractivity contribution in [1.29, 1.82) is 0 Å². The van der Waals surface area contributed by atoms with Gasteiger partial charge in [-0.05, 0) is 31.4 Å². The molecule has 2 aromatic rings. The number of hydrogen-bond acceptors (Lipinski definition) is 6. The maximum Gasteiger partial charge on any atom is 0.328 e. The van der Waals surface area contributed by atoms with Crippen molar-refractivity contribution in [2.45, 2.75) is 70.8 Å². The number of hydrogen-bond donors (Lipinski definition) is 7. The number of carbonyl (C=O) groups excluding carboxylic acids is 3. The Morgan fingerprint density at radius 3 is 2.26 bits per heavy atom. The van der Waals surface area contributed by atoms with Crippen LogP contribution in [0.3, 0.4) is 0 Å². The molecule has 11 heteroatoms. The number of aliphatic hydroxyl groups is 1. The van der Waals surface area contributed by atoms with Gasteiger partial charge in [-0.25, -0.2) is 4.79 Å². The molecule has 2 rings (SSSR count). The molecule has 6 unspecified atom stereocenters. The molecule has 35 heavy (non-hydrogen) atoms. The zero-order valence-electron chi connectivity index (χ0n) is 20.4. The number of benzene rings is 1. The number of H-pyrrole nitrogens is 1. The Kier molecular flexibility index (Phi) is 9.78. The number of aromatic amines is 1. The van der Waals surface area contributed by atoms with E-state index in [1.165, 1.54) is 13.8 Å². The van der Waals surface area contributed by atoms with Crippen LogP contribution >= 0.6 is 0 Å². The van der Waals surface area contributed by atoms with Crippen LogP contribution in [0.2, 0.25) is 0 Å². The fourth-order valence-electron chi connectivity index (χ4n) is 3.56. The zero-order chi connectivity index (χ0) is 26.3. The molecule has 0 saturated heterocycles. The summed E-state index contributed by atoms with van der Waals surface area (Å²) in [4.78, 5) is 52.8. The van der Waals surface area contributed by atoms with E-state index in [0.717, 1.165) is 16.5 Å². The van der Waals surface area contributed by atoms with Crippen molar-refractivity contribution in [2.75, 3.05) is 0 Å². The smallest absolute Gasteiger partial charge is 0.328 e. The molecular formula is C24H35N5O6. The van der Waals surface area contributed by atoms with Crippen LogP contribution in [0.25, 0.3) is 10.9 Å². The molecule has 0 radical (unpaired) electrons. The second kappa shape index (κ2) is 12.3. The van der Waals surface area contributed by atoms with Crippen molar-refractivity contribution in [3.63, 3.8) is 0 Å². The van der Waals surface area contributed by atoms with E-state index in [-0.39, 0.29) is 12.3 Å². The van der Waals surface area contributed by atoms with Gasteiger partial charge in [0.25, 0.3) is 0 Å². The number of nitrogens with two attached hydrogens (primary N) is 1. The maximum atomic E-state index is 13.0.